The van der Waals surface area contributed by atoms with Gasteiger partial charge in [-0.25, -0.2) is 9.59 Å². The van der Waals surface area contributed by atoms with Gasteiger partial charge in [0.15, 0.2) is 0 Å². The maximum atomic E-state index is 12.6. The van der Waals surface area contributed by atoms with Crippen LogP contribution in [0.3, 0.4) is 0 Å². The van der Waals surface area contributed by atoms with Gasteiger partial charge >= 0.3 is 11.6 Å². The molecule has 6 nitrogen and oxygen atoms in total. The molecule has 0 saturated heterocycles. The van der Waals surface area contributed by atoms with E-state index in [1.807, 2.05) is 18.2 Å². The molecule has 0 saturated carbocycles. The highest BCUT2D eigenvalue weighted by Crippen LogP contribution is 2.26. The van der Waals surface area contributed by atoms with Crippen LogP contribution in [0, 0.1) is 11.3 Å². The van der Waals surface area contributed by atoms with Crippen molar-refractivity contribution in [3.8, 4) is 17.6 Å². The number of carbonyl (C=O) groups is 1. The minimum absolute atomic E-state index is 0.158. The van der Waals surface area contributed by atoms with E-state index >= 15 is 0 Å². The molecule has 0 aliphatic rings. The fraction of sp³-hybridized carbons (Fsp3) is 0.148. The first-order valence-corrected chi connectivity index (χ1v) is 10.6. The summed E-state index contributed by atoms with van der Waals surface area (Å²) in [5.41, 5.74) is 0.337. The molecule has 0 atom stereocenters. The second-order valence-corrected chi connectivity index (χ2v) is 7.42. The Hall–Kier alpha value is -4.37. The van der Waals surface area contributed by atoms with Gasteiger partial charge in [0.25, 0.3) is 0 Å². The molecule has 0 amide bonds. The Labute approximate surface area is 190 Å². The zero-order valence-corrected chi connectivity index (χ0v) is 18.0. The van der Waals surface area contributed by atoms with Crippen LogP contribution in [0.15, 0.2) is 81.5 Å². The summed E-state index contributed by atoms with van der Waals surface area (Å²) in [6, 6.07) is 20.9. The standard InChI is InChI=1S/C27H21NO5/c1-2-3-14-31-20-10-8-18(9-11-20)15-19(17-28)26(29)32-21-12-13-23-22-6-4-5-7-24(22)27(30)33-25(23)16-21/h4-13,15-16H,2-3,14H2,1H3/b19-15+. The van der Waals surface area contributed by atoms with Crippen molar-refractivity contribution < 1.29 is 18.7 Å². The topological polar surface area (TPSA) is 89.5 Å². The Morgan fingerprint density at radius 3 is 2.45 bits per heavy atom. The van der Waals surface area contributed by atoms with Crippen LogP contribution in [-0.4, -0.2) is 12.6 Å². The van der Waals surface area contributed by atoms with Crippen LogP contribution in [0.2, 0.25) is 0 Å². The summed E-state index contributed by atoms with van der Waals surface area (Å²) in [6.07, 6.45) is 3.47. The van der Waals surface area contributed by atoms with E-state index in [0.717, 1.165) is 29.4 Å². The fourth-order valence-corrected chi connectivity index (χ4v) is 3.38. The minimum atomic E-state index is -0.803. The summed E-state index contributed by atoms with van der Waals surface area (Å²) >= 11 is 0. The molecule has 0 radical (unpaired) electrons. The first-order chi connectivity index (χ1) is 16.1. The van der Waals surface area contributed by atoms with Crippen molar-refractivity contribution >= 4 is 33.8 Å². The molecule has 0 fully saturated rings. The lowest BCUT2D eigenvalue weighted by atomic mass is 10.1. The lowest BCUT2D eigenvalue weighted by Gasteiger charge is -2.07. The second-order valence-electron chi connectivity index (χ2n) is 7.42. The van der Waals surface area contributed by atoms with Crippen LogP contribution in [0.1, 0.15) is 25.3 Å². The quantitative estimate of drug-likeness (QED) is 0.0704. The number of rotatable bonds is 7. The third-order valence-electron chi connectivity index (χ3n) is 5.10. The van der Waals surface area contributed by atoms with Gasteiger partial charge in [0.2, 0.25) is 0 Å². The second kappa shape index (κ2) is 9.84. The van der Waals surface area contributed by atoms with Gasteiger partial charge in [-0.2, -0.15) is 5.26 Å². The lowest BCUT2D eigenvalue weighted by Crippen LogP contribution is -2.10. The number of esters is 1. The fourth-order valence-electron chi connectivity index (χ4n) is 3.38. The number of unbranched alkanes of at least 4 members (excludes halogenated alkanes) is 1. The van der Waals surface area contributed by atoms with Gasteiger partial charge in [0.1, 0.15) is 28.7 Å². The molecule has 4 aromatic rings. The summed E-state index contributed by atoms with van der Waals surface area (Å²) < 4.78 is 16.4. The molecule has 1 heterocycles. The largest absolute Gasteiger partial charge is 0.494 e. The van der Waals surface area contributed by atoms with E-state index in [1.54, 1.807) is 48.5 Å². The highest BCUT2D eigenvalue weighted by Gasteiger charge is 2.14. The number of hydrogen-bond acceptors (Lipinski definition) is 6. The number of ether oxygens (including phenoxy) is 2. The van der Waals surface area contributed by atoms with E-state index in [9.17, 15) is 14.9 Å². The maximum absolute atomic E-state index is 12.6. The Morgan fingerprint density at radius 2 is 1.73 bits per heavy atom. The zero-order chi connectivity index (χ0) is 23.2. The van der Waals surface area contributed by atoms with Gasteiger partial charge in [0, 0.05) is 11.5 Å². The average Bonchev–Trinajstić information content (AvgIpc) is 2.83. The van der Waals surface area contributed by atoms with Crippen molar-refractivity contribution in [3.05, 3.63) is 88.3 Å². The van der Waals surface area contributed by atoms with Crippen molar-refractivity contribution in [1.82, 2.24) is 0 Å². The Morgan fingerprint density at radius 1 is 1.00 bits per heavy atom. The molecule has 3 aromatic carbocycles. The third kappa shape index (κ3) is 4.94. The molecular weight excluding hydrogens is 418 g/mol. The predicted molar refractivity (Wildman–Crippen MR) is 126 cm³/mol. The molecule has 0 N–H and O–H groups in total. The first kappa shape index (κ1) is 21.8. The summed E-state index contributed by atoms with van der Waals surface area (Å²) in [6.45, 7) is 2.73. The first-order valence-electron chi connectivity index (χ1n) is 10.6. The van der Waals surface area contributed by atoms with E-state index in [4.69, 9.17) is 13.9 Å². The van der Waals surface area contributed by atoms with Crippen molar-refractivity contribution in [1.29, 1.82) is 5.26 Å². The minimum Gasteiger partial charge on any atom is -0.494 e. The van der Waals surface area contributed by atoms with Gasteiger partial charge in [0.05, 0.1) is 12.0 Å². The van der Waals surface area contributed by atoms with Crippen LogP contribution in [0.5, 0.6) is 11.5 Å². The highest BCUT2D eigenvalue weighted by atomic mass is 16.5. The number of hydrogen-bond donors (Lipinski definition) is 0. The molecule has 0 bridgehead atoms. The lowest BCUT2D eigenvalue weighted by molar-refractivity contribution is -0.129. The van der Waals surface area contributed by atoms with Crippen LogP contribution in [-0.2, 0) is 4.79 Å². The third-order valence-corrected chi connectivity index (χ3v) is 5.10. The molecule has 33 heavy (non-hydrogen) atoms. The number of nitrogens with zero attached hydrogens (tertiary/aromatic N) is 1. The van der Waals surface area contributed by atoms with E-state index in [2.05, 4.69) is 6.92 Å². The predicted octanol–water partition coefficient (Wildman–Crippen LogP) is 5.64. The van der Waals surface area contributed by atoms with Gasteiger partial charge in [-0.05, 0) is 53.8 Å². The van der Waals surface area contributed by atoms with E-state index in [-0.39, 0.29) is 11.3 Å². The molecule has 1 aromatic heterocycles. The van der Waals surface area contributed by atoms with Gasteiger partial charge in [-0.1, -0.05) is 43.7 Å². The van der Waals surface area contributed by atoms with Crippen LogP contribution in [0.4, 0.5) is 0 Å². The van der Waals surface area contributed by atoms with Crippen LogP contribution >= 0.6 is 0 Å². The molecule has 4 rings (SSSR count). The van der Waals surface area contributed by atoms with E-state index < -0.39 is 11.6 Å². The molecule has 0 spiro atoms. The number of carbonyl (C=O) groups excluding carboxylic acids is 1. The number of nitriles is 1. The van der Waals surface area contributed by atoms with Gasteiger partial charge in [-0.15, -0.1) is 0 Å². The normalized spacial score (nSPS) is 11.3. The Balaban J connectivity index is 1.54. The molecule has 6 heteroatoms. The van der Waals surface area contributed by atoms with Crippen molar-refractivity contribution in [2.75, 3.05) is 6.61 Å². The van der Waals surface area contributed by atoms with E-state index in [0.29, 0.717) is 23.1 Å². The number of benzene rings is 3. The van der Waals surface area contributed by atoms with Crippen molar-refractivity contribution in [2.45, 2.75) is 19.8 Å². The van der Waals surface area contributed by atoms with E-state index in [1.165, 1.54) is 12.1 Å². The summed E-state index contributed by atoms with van der Waals surface area (Å²) in [5.74, 6) is 0.0990. The molecule has 0 unspecified atom stereocenters. The zero-order valence-electron chi connectivity index (χ0n) is 18.0. The highest BCUT2D eigenvalue weighted by molar-refractivity contribution is 6.05. The molecule has 0 aliphatic heterocycles. The van der Waals surface area contributed by atoms with Gasteiger partial charge in [-0.3, -0.25) is 0 Å². The Bertz CT molecular complexity index is 1440. The van der Waals surface area contributed by atoms with Crippen molar-refractivity contribution in [2.24, 2.45) is 0 Å². The SMILES string of the molecule is CCCCOc1ccc(/C=C(\C#N)C(=O)Oc2ccc3c(c2)oc(=O)c2ccccc23)cc1. The van der Waals surface area contributed by atoms with Crippen LogP contribution < -0.4 is 15.1 Å². The summed E-state index contributed by atoms with van der Waals surface area (Å²) in [4.78, 5) is 24.8. The van der Waals surface area contributed by atoms with Crippen molar-refractivity contribution in [3.63, 3.8) is 0 Å². The number of fused-ring (bicyclic) bond motifs is 3. The Kier molecular flexibility index (Phi) is 6.51. The maximum Gasteiger partial charge on any atom is 0.354 e. The monoisotopic (exact) mass is 439 g/mol. The smallest absolute Gasteiger partial charge is 0.354 e. The average molecular weight is 439 g/mol. The van der Waals surface area contributed by atoms with Crippen LogP contribution in [0.25, 0.3) is 27.8 Å². The molecular formula is C27H21NO5. The summed E-state index contributed by atoms with van der Waals surface area (Å²) in [7, 11) is 0. The molecule has 0 aliphatic carbocycles. The van der Waals surface area contributed by atoms with Gasteiger partial charge < -0.3 is 13.9 Å². The summed E-state index contributed by atoms with van der Waals surface area (Å²) in [5, 5.41) is 11.4. The molecule has 164 valence electrons.